The lowest BCUT2D eigenvalue weighted by atomic mass is 10.0. The third-order valence-corrected chi connectivity index (χ3v) is 7.71. The second-order valence-corrected chi connectivity index (χ2v) is 11.9. The van der Waals surface area contributed by atoms with Crippen LogP contribution in [0.4, 0.5) is 5.69 Å². The monoisotopic (exact) mass is 599 g/mol. The molecule has 0 fully saturated rings. The first-order valence-corrected chi connectivity index (χ1v) is 15.2. The van der Waals surface area contributed by atoms with Crippen molar-refractivity contribution in [3.05, 3.63) is 101 Å². The number of carbonyl (C=O) groups excluding carboxylic acids is 2. The Hall–Kier alpha value is -3.17. The maximum Gasteiger partial charge on any atom is 0.244 e. The van der Waals surface area contributed by atoms with E-state index in [1.807, 2.05) is 67.6 Å². The van der Waals surface area contributed by atoms with Crippen LogP contribution in [0.1, 0.15) is 30.9 Å². The van der Waals surface area contributed by atoms with Crippen molar-refractivity contribution >= 4 is 43.5 Å². The number of benzene rings is 3. The Bertz CT molecular complexity index is 1300. The molecule has 202 valence electrons. The Morgan fingerprint density at radius 3 is 2.13 bits per heavy atom. The molecule has 38 heavy (non-hydrogen) atoms. The number of nitrogens with zero attached hydrogens (tertiary/aromatic N) is 2. The second-order valence-electron chi connectivity index (χ2n) is 9.11. The van der Waals surface area contributed by atoms with E-state index in [1.165, 1.54) is 4.90 Å². The zero-order chi connectivity index (χ0) is 27.5. The molecule has 0 saturated carbocycles. The maximum absolute atomic E-state index is 14.0. The van der Waals surface area contributed by atoms with Crippen molar-refractivity contribution in [2.75, 3.05) is 23.7 Å². The number of amides is 2. The SMILES string of the molecule is CCCCNC(=O)[C@@H](Cc1ccccc1)N(Cc1ccccc1)C(=O)CN(c1cccc(Br)c1)S(C)(=O)=O. The molecule has 1 N–H and O–H groups in total. The molecule has 9 heteroatoms. The molecule has 0 bridgehead atoms. The molecule has 0 aliphatic carbocycles. The van der Waals surface area contributed by atoms with Crippen LogP contribution < -0.4 is 9.62 Å². The third-order valence-electron chi connectivity index (χ3n) is 6.07. The van der Waals surface area contributed by atoms with Crippen LogP contribution >= 0.6 is 15.9 Å². The number of rotatable bonds is 13. The van der Waals surface area contributed by atoms with Gasteiger partial charge in [-0.25, -0.2) is 8.42 Å². The van der Waals surface area contributed by atoms with Crippen molar-refractivity contribution in [2.45, 2.75) is 38.8 Å². The summed E-state index contributed by atoms with van der Waals surface area (Å²) >= 11 is 3.38. The van der Waals surface area contributed by atoms with Crippen LogP contribution in [0, 0.1) is 0 Å². The van der Waals surface area contributed by atoms with E-state index in [4.69, 9.17) is 0 Å². The molecule has 0 radical (unpaired) electrons. The Balaban J connectivity index is 2.01. The van der Waals surface area contributed by atoms with Gasteiger partial charge < -0.3 is 10.2 Å². The van der Waals surface area contributed by atoms with Crippen LogP contribution in [-0.2, 0) is 32.6 Å². The van der Waals surface area contributed by atoms with Gasteiger partial charge in [-0.1, -0.05) is 96.0 Å². The summed E-state index contributed by atoms with van der Waals surface area (Å²) in [5, 5.41) is 2.98. The first-order valence-electron chi connectivity index (χ1n) is 12.6. The molecule has 1 atom stereocenters. The minimum absolute atomic E-state index is 0.161. The number of carbonyl (C=O) groups is 2. The summed E-state index contributed by atoms with van der Waals surface area (Å²) in [6.07, 6.45) is 3.11. The molecule has 0 heterocycles. The van der Waals surface area contributed by atoms with Gasteiger partial charge in [0.25, 0.3) is 0 Å². The minimum atomic E-state index is -3.79. The fourth-order valence-electron chi connectivity index (χ4n) is 4.09. The van der Waals surface area contributed by atoms with Gasteiger partial charge in [-0.2, -0.15) is 0 Å². The number of hydrogen-bond acceptors (Lipinski definition) is 4. The van der Waals surface area contributed by atoms with E-state index in [0.29, 0.717) is 23.1 Å². The van der Waals surface area contributed by atoms with Crippen LogP contribution in [0.5, 0.6) is 0 Å². The zero-order valence-electron chi connectivity index (χ0n) is 21.7. The number of nitrogens with one attached hydrogen (secondary N) is 1. The summed E-state index contributed by atoms with van der Waals surface area (Å²) in [6, 6.07) is 24.9. The number of halogens is 1. The Kier molecular flexibility index (Phi) is 10.9. The molecule has 3 rings (SSSR count). The van der Waals surface area contributed by atoms with Crippen molar-refractivity contribution in [3.63, 3.8) is 0 Å². The fourth-order valence-corrected chi connectivity index (χ4v) is 5.31. The highest BCUT2D eigenvalue weighted by atomic mass is 79.9. The topological polar surface area (TPSA) is 86.8 Å². The largest absolute Gasteiger partial charge is 0.354 e. The van der Waals surface area contributed by atoms with Gasteiger partial charge in [0.1, 0.15) is 12.6 Å². The van der Waals surface area contributed by atoms with Crippen molar-refractivity contribution < 1.29 is 18.0 Å². The molecule has 0 aliphatic heterocycles. The average Bonchev–Trinajstić information content (AvgIpc) is 2.89. The van der Waals surface area contributed by atoms with Crippen LogP contribution in [0.2, 0.25) is 0 Å². The van der Waals surface area contributed by atoms with Gasteiger partial charge in [-0.3, -0.25) is 13.9 Å². The first kappa shape index (κ1) is 29.4. The average molecular weight is 601 g/mol. The quantitative estimate of drug-likeness (QED) is 0.287. The van der Waals surface area contributed by atoms with E-state index in [2.05, 4.69) is 21.2 Å². The van der Waals surface area contributed by atoms with Gasteiger partial charge in [0.15, 0.2) is 0 Å². The molecule has 0 saturated heterocycles. The summed E-state index contributed by atoms with van der Waals surface area (Å²) < 4.78 is 27.3. The van der Waals surface area contributed by atoms with Gasteiger partial charge in [0.2, 0.25) is 21.8 Å². The molecular weight excluding hydrogens is 566 g/mol. The highest BCUT2D eigenvalue weighted by Gasteiger charge is 2.32. The normalized spacial score (nSPS) is 12.0. The van der Waals surface area contributed by atoms with E-state index >= 15 is 0 Å². The first-order chi connectivity index (χ1) is 18.2. The van der Waals surface area contributed by atoms with E-state index in [0.717, 1.165) is 34.5 Å². The lowest BCUT2D eigenvalue weighted by Crippen LogP contribution is -2.53. The molecule has 0 aliphatic rings. The van der Waals surface area contributed by atoms with Gasteiger partial charge in [0, 0.05) is 24.0 Å². The van der Waals surface area contributed by atoms with E-state index in [-0.39, 0.29) is 12.5 Å². The Labute approximate surface area is 234 Å². The molecule has 0 aromatic heterocycles. The molecular formula is C29H34BrN3O4S. The van der Waals surface area contributed by atoms with Crippen LogP contribution in [0.3, 0.4) is 0 Å². The summed E-state index contributed by atoms with van der Waals surface area (Å²) in [4.78, 5) is 29.0. The van der Waals surface area contributed by atoms with Crippen LogP contribution in [-0.4, -0.2) is 50.5 Å². The smallest absolute Gasteiger partial charge is 0.244 e. The number of hydrogen-bond donors (Lipinski definition) is 1. The van der Waals surface area contributed by atoms with Gasteiger partial charge >= 0.3 is 0 Å². The van der Waals surface area contributed by atoms with Crippen molar-refractivity contribution in [1.29, 1.82) is 0 Å². The number of unbranched alkanes of at least 4 members (excludes halogenated alkanes) is 1. The highest BCUT2D eigenvalue weighted by molar-refractivity contribution is 9.10. The maximum atomic E-state index is 14.0. The third kappa shape index (κ3) is 8.70. The van der Waals surface area contributed by atoms with Crippen LogP contribution in [0.15, 0.2) is 89.4 Å². The zero-order valence-corrected chi connectivity index (χ0v) is 24.1. The summed E-state index contributed by atoms with van der Waals surface area (Å²) in [7, 11) is -3.79. The molecule has 2 amide bonds. The van der Waals surface area contributed by atoms with Crippen molar-refractivity contribution in [1.82, 2.24) is 10.2 Å². The molecule has 3 aromatic carbocycles. The lowest BCUT2D eigenvalue weighted by molar-refractivity contribution is -0.140. The summed E-state index contributed by atoms with van der Waals surface area (Å²) in [5.41, 5.74) is 2.11. The van der Waals surface area contributed by atoms with E-state index < -0.39 is 28.5 Å². The fraction of sp³-hybridized carbons (Fsp3) is 0.310. The molecule has 7 nitrogen and oxygen atoms in total. The van der Waals surface area contributed by atoms with Crippen molar-refractivity contribution in [3.8, 4) is 0 Å². The van der Waals surface area contributed by atoms with Gasteiger partial charge in [0.05, 0.1) is 11.9 Å². The number of sulfonamides is 1. The molecule has 0 unspecified atom stereocenters. The second kappa shape index (κ2) is 14.1. The van der Waals surface area contributed by atoms with Crippen molar-refractivity contribution in [2.24, 2.45) is 0 Å². The van der Waals surface area contributed by atoms with E-state index in [9.17, 15) is 18.0 Å². The number of anilines is 1. The molecule has 0 spiro atoms. The summed E-state index contributed by atoms with van der Waals surface area (Å²) in [6.45, 7) is 2.27. The Morgan fingerprint density at radius 1 is 0.921 bits per heavy atom. The van der Waals surface area contributed by atoms with Gasteiger partial charge in [-0.05, 0) is 35.7 Å². The van der Waals surface area contributed by atoms with Crippen LogP contribution in [0.25, 0.3) is 0 Å². The predicted molar refractivity (Wildman–Crippen MR) is 155 cm³/mol. The van der Waals surface area contributed by atoms with Gasteiger partial charge in [-0.15, -0.1) is 0 Å². The summed E-state index contributed by atoms with van der Waals surface area (Å²) in [5.74, 6) is -0.731. The standard InChI is InChI=1S/C29H34BrN3O4S/c1-3-4-18-31-29(35)27(19-23-12-7-5-8-13-23)32(21-24-14-9-6-10-15-24)28(34)22-33(38(2,36)37)26-17-11-16-25(30)20-26/h5-17,20,27H,3-4,18-19,21-22H2,1-2H3,(H,31,35)/t27-/m1/s1. The predicted octanol–water partition coefficient (Wildman–Crippen LogP) is 4.77. The molecule has 3 aromatic rings. The Morgan fingerprint density at radius 2 is 1.55 bits per heavy atom. The minimum Gasteiger partial charge on any atom is -0.354 e. The highest BCUT2D eigenvalue weighted by Crippen LogP contribution is 2.23. The van der Waals surface area contributed by atoms with E-state index in [1.54, 1.807) is 24.3 Å². The lowest BCUT2D eigenvalue weighted by Gasteiger charge is -2.33.